The molecule has 1 aliphatic carbocycles. The number of carbonyl (C=O) groups excluding carboxylic acids is 2. The topological polar surface area (TPSA) is 104 Å². The molecule has 4 heterocycles. The summed E-state index contributed by atoms with van der Waals surface area (Å²) < 4.78 is 0. The van der Waals surface area contributed by atoms with Crippen molar-refractivity contribution in [3.05, 3.63) is 65.0 Å². The Balaban J connectivity index is 1.35. The quantitative estimate of drug-likeness (QED) is 0.681. The highest BCUT2D eigenvalue weighted by molar-refractivity contribution is 5.94. The van der Waals surface area contributed by atoms with Gasteiger partial charge in [0.05, 0.1) is 11.7 Å². The normalized spacial score (nSPS) is 17.6. The fourth-order valence-electron chi connectivity index (χ4n) is 4.55. The third kappa shape index (κ3) is 3.48. The first kappa shape index (κ1) is 19.4. The van der Waals surface area contributed by atoms with E-state index in [1.807, 2.05) is 23.1 Å². The summed E-state index contributed by atoms with van der Waals surface area (Å²) in [5.74, 6) is -0.213. The number of H-pyrrole nitrogens is 1. The molecule has 8 nitrogen and oxygen atoms in total. The Hall–Kier alpha value is -3.55. The maximum atomic E-state index is 13.2. The summed E-state index contributed by atoms with van der Waals surface area (Å²) in [5.41, 5.74) is 5.85. The van der Waals surface area contributed by atoms with Crippen LogP contribution in [-0.2, 0) is 12.8 Å². The van der Waals surface area contributed by atoms with E-state index in [1.54, 1.807) is 25.5 Å². The molecule has 31 heavy (non-hydrogen) atoms. The number of hydrogen-bond acceptors (Lipinski definition) is 5. The number of aryl methyl sites for hydroxylation is 1. The molecule has 1 unspecified atom stereocenters. The summed E-state index contributed by atoms with van der Waals surface area (Å²) in [6.45, 7) is 0.722. The Labute approximate surface area is 180 Å². The second-order valence-electron chi connectivity index (χ2n) is 8.02. The predicted octanol–water partition coefficient (Wildman–Crippen LogP) is 2.69. The smallest absolute Gasteiger partial charge is 0.275 e. The van der Waals surface area contributed by atoms with Crippen molar-refractivity contribution in [2.45, 2.75) is 38.1 Å². The summed E-state index contributed by atoms with van der Waals surface area (Å²) in [6, 6.07) is 7.49. The van der Waals surface area contributed by atoms with Crippen molar-refractivity contribution in [2.75, 3.05) is 13.6 Å². The van der Waals surface area contributed by atoms with Gasteiger partial charge in [0.2, 0.25) is 0 Å². The Morgan fingerprint density at radius 3 is 2.58 bits per heavy atom. The van der Waals surface area contributed by atoms with Crippen LogP contribution in [0.25, 0.3) is 11.1 Å². The minimum absolute atomic E-state index is 0.00164. The highest BCUT2D eigenvalue weighted by Gasteiger charge is 2.34. The zero-order valence-electron chi connectivity index (χ0n) is 17.4. The van der Waals surface area contributed by atoms with Crippen molar-refractivity contribution in [2.24, 2.45) is 0 Å². The summed E-state index contributed by atoms with van der Waals surface area (Å²) >= 11 is 0. The number of aromatic amines is 1. The molecule has 0 aromatic carbocycles. The molecule has 0 bridgehead atoms. The second-order valence-corrected chi connectivity index (χ2v) is 8.02. The lowest BCUT2D eigenvalue weighted by Gasteiger charge is -2.24. The number of carbonyl (C=O) groups is 2. The van der Waals surface area contributed by atoms with Crippen LogP contribution < -0.4 is 5.32 Å². The molecule has 2 N–H and O–H groups in total. The monoisotopic (exact) mass is 416 g/mol. The molecule has 1 saturated heterocycles. The van der Waals surface area contributed by atoms with Gasteiger partial charge < -0.3 is 10.2 Å². The van der Waals surface area contributed by atoms with Gasteiger partial charge in [0.25, 0.3) is 11.8 Å². The number of nitrogens with one attached hydrogen (secondary N) is 2. The molecule has 1 aliphatic heterocycles. The fraction of sp³-hybridized carbons (Fsp3) is 0.348. The van der Waals surface area contributed by atoms with Crippen LogP contribution in [0.4, 0.5) is 0 Å². The average molecular weight is 416 g/mol. The van der Waals surface area contributed by atoms with E-state index in [1.165, 1.54) is 0 Å². The van der Waals surface area contributed by atoms with Crippen LogP contribution in [0.5, 0.6) is 0 Å². The van der Waals surface area contributed by atoms with E-state index in [0.29, 0.717) is 11.4 Å². The van der Waals surface area contributed by atoms with E-state index >= 15 is 0 Å². The van der Waals surface area contributed by atoms with Crippen LogP contribution in [0.1, 0.15) is 63.2 Å². The van der Waals surface area contributed by atoms with Gasteiger partial charge in [-0.2, -0.15) is 5.10 Å². The molecule has 2 aliphatic rings. The molecule has 5 rings (SSSR count). The Kier molecular flexibility index (Phi) is 4.97. The third-order valence-electron chi connectivity index (χ3n) is 6.21. The molecule has 3 aromatic rings. The van der Waals surface area contributed by atoms with Gasteiger partial charge in [0, 0.05) is 48.4 Å². The predicted molar refractivity (Wildman–Crippen MR) is 114 cm³/mol. The molecule has 0 saturated carbocycles. The molecule has 0 radical (unpaired) electrons. The zero-order chi connectivity index (χ0) is 21.4. The van der Waals surface area contributed by atoms with Crippen molar-refractivity contribution in [3.63, 3.8) is 0 Å². The number of pyridine rings is 2. The van der Waals surface area contributed by atoms with E-state index < -0.39 is 0 Å². The van der Waals surface area contributed by atoms with E-state index in [-0.39, 0.29) is 17.9 Å². The molecule has 8 heteroatoms. The molecular formula is C23H24N6O2. The van der Waals surface area contributed by atoms with Crippen LogP contribution >= 0.6 is 0 Å². The summed E-state index contributed by atoms with van der Waals surface area (Å²) in [4.78, 5) is 35.7. The summed E-state index contributed by atoms with van der Waals surface area (Å²) in [5, 5.41) is 9.92. The maximum Gasteiger partial charge on any atom is 0.275 e. The lowest BCUT2D eigenvalue weighted by Crippen LogP contribution is -2.31. The Morgan fingerprint density at radius 2 is 1.87 bits per heavy atom. The van der Waals surface area contributed by atoms with Crippen molar-refractivity contribution < 1.29 is 9.59 Å². The van der Waals surface area contributed by atoms with E-state index in [2.05, 4.69) is 25.5 Å². The van der Waals surface area contributed by atoms with Gasteiger partial charge in [0.1, 0.15) is 5.69 Å². The highest BCUT2D eigenvalue weighted by atomic mass is 16.2. The molecule has 0 spiro atoms. The Morgan fingerprint density at radius 1 is 1.06 bits per heavy atom. The van der Waals surface area contributed by atoms with Crippen molar-refractivity contribution >= 4 is 11.8 Å². The highest BCUT2D eigenvalue weighted by Crippen LogP contribution is 2.34. The van der Waals surface area contributed by atoms with Crippen LogP contribution in [0.2, 0.25) is 0 Å². The molecule has 2 amide bonds. The second kappa shape index (κ2) is 7.94. The first-order valence-corrected chi connectivity index (χ1v) is 10.7. The van der Waals surface area contributed by atoms with Crippen molar-refractivity contribution in [3.8, 4) is 11.1 Å². The van der Waals surface area contributed by atoms with Crippen molar-refractivity contribution in [1.29, 1.82) is 0 Å². The molecule has 1 fully saturated rings. The minimum atomic E-state index is -0.214. The SMILES string of the molecule is CNC(=O)c1ccc(-c2ccc(C3CCCN3C(=O)c3n[nH]c4c3CCC4)nc2)cn1. The Bertz CT molecular complexity index is 1120. The van der Waals surface area contributed by atoms with E-state index in [4.69, 9.17) is 0 Å². The largest absolute Gasteiger partial charge is 0.354 e. The van der Waals surface area contributed by atoms with E-state index in [9.17, 15) is 9.59 Å². The summed E-state index contributed by atoms with van der Waals surface area (Å²) in [6.07, 6.45) is 8.30. The molecule has 3 aromatic heterocycles. The summed E-state index contributed by atoms with van der Waals surface area (Å²) in [7, 11) is 1.58. The number of amides is 2. The first-order chi connectivity index (χ1) is 15.2. The van der Waals surface area contributed by atoms with Gasteiger partial charge in [-0.25, -0.2) is 0 Å². The molecule has 158 valence electrons. The number of nitrogens with zero attached hydrogens (tertiary/aromatic N) is 4. The van der Waals surface area contributed by atoms with Crippen molar-refractivity contribution in [1.82, 2.24) is 30.4 Å². The van der Waals surface area contributed by atoms with Gasteiger partial charge in [-0.1, -0.05) is 12.1 Å². The standard InChI is InChI=1S/C23H24N6O2/c1-24-22(30)19-10-8-15(13-26-19)14-7-9-18(25-12-14)20-6-3-11-29(20)23(31)21-16-4-2-5-17(16)27-28-21/h7-10,12-13,20H,2-6,11H2,1H3,(H,24,30)(H,27,28). The number of hydrogen-bond donors (Lipinski definition) is 2. The fourth-order valence-corrected chi connectivity index (χ4v) is 4.55. The van der Waals surface area contributed by atoms with Crippen LogP contribution in [0.15, 0.2) is 36.7 Å². The van der Waals surface area contributed by atoms with Crippen LogP contribution in [0, 0.1) is 0 Å². The van der Waals surface area contributed by atoms with Crippen LogP contribution in [-0.4, -0.2) is 50.5 Å². The number of aromatic nitrogens is 4. The lowest BCUT2D eigenvalue weighted by atomic mass is 10.1. The van der Waals surface area contributed by atoms with Gasteiger partial charge in [-0.3, -0.25) is 24.7 Å². The van der Waals surface area contributed by atoms with Gasteiger partial charge in [0.15, 0.2) is 5.69 Å². The van der Waals surface area contributed by atoms with Gasteiger partial charge in [-0.05, 0) is 44.2 Å². The minimum Gasteiger partial charge on any atom is -0.354 e. The average Bonchev–Trinajstić information content (AvgIpc) is 3.55. The lowest BCUT2D eigenvalue weighted by molar-refractivity contribution is 0.0725. The number of rotatable bonds is 4. The van der Waals surface area contributed by atoms with Crippen LogP contribution in [0.3, 0.4) is 0 Å². The van der Waals surface area contributed by atoms with Gasteiger partial charge >= 0.3 is 0 Å². The third-order valence-corrected chi connectivity index (χ3v) is 6.21. The zero-order valence-corrected chi connectivity index (χ0v) is 17.4. The molecule has 1 atom stereocenters. The maximum absolute atomic E-state index is 13.2. The van der Waals surface area contributed by atoms with E-state index in [0.717, 1.165) is 66.7 Å². The first-order valence-electron chi connectivity index (χ1n) is 10.7. The number of fused-ring (bicyclic) bond motifs is 1. The molecular weight excluding hydrogens is 392 g/mol. The number of likely N-dealkylation sites (tertiary alicyclic amines) is 1. The van der Waals surface area contributed by atoms with Gasteiger partial charge in [-0.15, -0.1) is 0 Å².